The molecule has 1 saturated heterocycles. The predicted octanol–water partition coefficient (Wildman–Crippen LogP) is 1.68. The van der Waals surface area contributed by atoms with Crippen LogP contribution < -0.4 is 10.6 Å². The van der Waals surface area contributed by atoms with Gasteiger partial charge in [-0.1, -0.05) is 6.92 Å². The lowest BCUT2D eigenvalue weighted by molar-refractivity contribution is -0.123. The third kappa shape index (κ3) is 3.21. The van der Waals surface area contributed by atoms with Crippen molar-refractivity contribution in [3.8, 4) is 0 Å². The monoisotopic (exact) mass is 224 g/mol. The topological polar surface area (TPSA) is 41.1 Å². The van der Waals surface area contributed by atoms with E-state index in [1.54, 1.807) is 0 Å². The van der Waals surface area contributed by atoms with Gasteiger partial charge in [0.15, 0.2) is 0 Å². The van der Waals surface area contributed by atoms with Gasteiger partial charge in [0.1, 0.15) is 0 Å². The average Bonchev–Trinajstić information content (AvgIpc) is 2.96. The van der Waals surface area contributed by atoms with Gasteiger partial charge in [-0.15, -0.1) is 0 Å². The number of piperidine rings is 1. The number of amides is 1. The molecule has 0 radical (unpaired) electrons. The van der Waals surface area contributed by atoms with Gasteiger partial charge >= 0.3 is 0 Å². The zero-order valence-corrected chi connectivity index (χ0v) is 10.5. The van der Waals surface area contributed by atoms with Gasteiger partial charge in [-0.25, -0.2) is 0 Å². The van der Waals surface area contributed by atoms with Crippen LogP contribution in [0.1, 0.15) is 46.0 Å². The first-order chi connectivity index (χ1) is 7.59. The first-order valence-corrected chi connectivity index (χ1v) is 6.61. The maximum Gasteiger partial charge on any atom is 0.220 e. The maximum atomic E-state index is 11.8. The molecule has 1 saturated carbocycles. The van der Waals surface area contributed by atoms with Crippen LogP contribution in [0.4, 0.5) is 0 Å². The first-order valence-electron chi connectivity index (χ1n) is 6.61. The molecule has 16 heavy (non-hydrogen) atoms. The van der Waals surface area contributed by atoms with Crippen LogP contribution >= 0.6 is 0 Å². The molecule has 0 aromatic carbocycles. The Labute approximate surface area is 98.4 Å². The van der Waals surface area contributed by atoms with Crippen molar-refractivity contribution in [2.45, 2.75) is 51.5 Å². The van der Waals surface area contributed by atoms with E-state index >= 15 is 0 Å². The molecule has 2 atom stereocenters. The second kappa shape index (κ2) is 4.74. The minimum atomic E-state index is 0.140. The fraction of sp³-hybridized carbons (Fsp3) is 0.923. The van der Waals surface area contributed by atoms with Crippen LogP contribution in [0.2, 0.25) is 0 Å². The summed E-state index contributed by atoms with van der Waals surface area (Å²) in [7, 11) is 0. The third-order valence-electron chi connectivity index (χ3n) is 4.09. The van der Waals surface area contributed by atoms with Crippen molar-refractivity contribution in [1.29, 1.82) is 0 Å². The molecule has 1 amide bonds. The molecular weight excluding hydrogens is 200 g/mol. The van der Waals surface area contributed by atoms with Crippen molar-refractivity contribution >= 4 is 5.91 Å². The van der Waals surface area contributed by atoms with E-state index in [1.807, 2.05) is 0 Å². The molecule has 0 bridgehead atoms. The number of hydrogen-bond donors (Lipinski definition) is 2. The highest BCUT2D eigenvalue weighted by Crippen LogP contribution is 2.34. The van der Waals surface area contributed by atoms with Gasteiger partial charge in [-0.05, 0) is 57.5 Å². The standard InChI is InChI=1S/C13H24N2O/c1-10(11-4-3-7-14-9-11)8-12(16)15-13(2)5-6-13/h10-11,14H,3-9H2,1-2H3,(H,15,16). The Bertz CT molecular complexity index is 255. The van der Waals surface area contributed by atoms with Crippen LogP contribution in [0, 0.1) is 11.8 Å². The zero-order valence-electron chi connectivity index (χ0n) is 10.5. The quantitative estimate of drug-likeness (QED) is 0.763. The lowest BCUT2D eigenvalue weighted by Gasteiger charge is -2.28. The molecular formula is C13H24N2O. The van der Waals surface area contributed by atoms with Gasteiger partial charge < -0.3 is 10.6 Å². The summed E-state index contributed by atoms with van der Waals surface area (Å²) in [6.07, 6.45) is 5.53. The van der Waals surface area contributed by atoms with E-state index < -0.39 is 0 Å². The lowest BCUT2D eigenvalue weighted by Crippen LogP contribution is -2.38. The van der Waals surface area contributed by atoms with Crippen LogP contribution in [-0.4, -0.2) is 24.5 Å². The SMILES string of the molecule is CC(CC(=O)NC1(C)CC1)C1CCCNC1. The van der Waals surface area contributed by atoms with Gasteiger partial charge in [0.2, 0.25) is 5.91 Å². The van der Waals surface area contributed by atoms with E-state index in [-0.39, 0.29) is 11.4 Å². The zero-order chi connectivity index (χ0) is 11.6. The van der Waals surface area contributed by atoms with E-state index in [0.29, 0.717) is 18.3 Å². The van der Waals surface area contributed by atoms with Crippen LogP contribution in [0.25, 0.3) is 0 Å². The van der Waals surface area contributed by atoms with Gasteiger partial charge in [0.25, 0.3) is 0 Å². The van der Waals surface area contributed by atoms with Gasteiger partial charge in [-0.2, -0.15) is 0 Å². The van der Waals surface area contributed by atoms with Crippen LogP contribution in [0.5, 0.6) is 0 Å². The Morgan fingerprint density at radius 1 is 1.56 bits per heavy atom. The molecule has 0 aromatic rings. The molecule has 2 N–H and O–H groups in total. The van der Waals surface area contributed by atoms with Crippen LogP contribution in [0.3, 0.4) is 0 Å². The first kappa shape index (κ1) is 11.9. The molecule has 2 unspecified atom stereocenters. The van der Waals surface area contributed by atoms with Crippen molar-refractivity contribution in [2.75, 3.05) is 13.1 Å². The second-order valence-electron chi connectivity index (χ2n) is 5.90. The molecule has 1 aliphatic heterocycles. The summed E-state index contributed by atoms with van der Waals surface area (Å²) in [6.45, 7) is 6.59. The van der Waals surface area contributed by atoms with E-state index in [4.69, 9.17) is 0 Å². The molecule has 92 valence electrons. The Balaban J connectivity index is 1.72. The van der Waals surface area contributed by atoms with Crippen molar-refractivity contribution in [3.05, 3.63) is 0 Å². The molecule has 2 aliphatic rings. The van der Waals surface area contributed by atoms with Crippen LogP contribution in [0.15, 0.2) is 0 Å². The van der Waals surface area contributed by atoms with Crippen molar-refractivity contribution in [3.63, 3.8) is 0 Å². The van der Waals surface area contributed by atoms with Gasteiger partial charge in [0, 0.05) is 12.0 Å². The van der Waals surface area contributed by atoms with Crippen molar-refractivity contribution in [1.82, 2.24) is 10.6 Å². The Hall–Kier alpha value is -0.570. The highest BCUT2D eigenvalue weighted by atomic mass is 16.1. The second-order valence-corrected chi connectivity index (χ2v) is 5.90. The number of hydrogen-bond acceptors (Lipinski definition) is 2. The van der Waals surface area contributed by atoms with E-state index in [0.717, 1.165) is 25.9 Å². The van der Waals surface area contributed by atoms with Gasteiger partial charge in [0.05, 0.1) is 0 Å². The summed E-state index contributed by atoms with van der Waals surface area (Å²) in [4.78, 5) is 11.8. The third-order valence-corrected chi connectivity index (χ3v) is 4.09. The summed E-state index contributed by atoms with van der Waals surface area (Å²) >= 11 is 0. The highest BCUT2D eigenvalue weighted by molar-refractivity contribution is 5.77. The van der Waals surface area contributed by atoms with Gasteiger partial charge in [-0.3, -0.25) is 4.79 Å². The summed E-state index contributed by atoms with van der Waals surface area (Å²) in [6, 6.07) is 0. The summed E-state index contributed by atoms with van der Waals surface area (Å²) in [5, 5.41) is 6.56. The molecule has 2 fully saturated rings. The molecule has 1 aliphatic carbocycles. The predicted molar refractivity (Wildman–Crippen MR) is 65.2 cm³/mol. The Morgan fingerprint density at radius 2 is 2.31 bits per heavy atom. The maximum absolute atomic E-state index is 11.8. The number of carbonyl (C=O) groups excluding carboxylic acids is 1. The van der Waals surface area contributed by atoms with Crippen molar-refractivity contribution in [2.24, 2.45) is 11.8 Å². The minimum Gasteiger partial charge on any atom is -0.351 e. The summed E-state index contributed by atoms with van der Waals surface area (Å²) < 4.78 is 0. The van der Waals surface area contributed by atoms with Crippen LogP contribution in [-0.2, 0) is 4.79 Å². The molecule has 0 aromatic heterocycles. The fourth-order valence-corrected chi connectivity index (χ4v) is 2.52. The smallest absolute Gasteiger partial charge is 0.220 e. The summed E-state index contributed by atoms with van der Waals surface area (Å²) in [5.74, 6) is 1.44. The van der Waals surface area contributed by atoms with Crippen molar-refractivity contribution < 1.29 is 4.79 Å². The largest absolute Gasteiger partial charge is 0.351 e. The molecule has 2 rings (SSSR count). The normalized spacial score (nSPS) is 29.5. The Morgan fingerprint density at radius 3 is 2.88 bits per heavy atom. The molecule has 3 heteroatoms. The molecule has 3 nitrogen and oxygen atoms in total. The number of carbonyl (C=O) groups is 1. The lowest BCUT2D eigenvalue weighted by atomic mass is 9.85. The van der Waals surface area contributed by atoms with E-state index in [1.165, 1.54) is 12.8 Å². The minimum absolute atomic E-state index is 0.140. The van der Waals surface area contributed by atoms with E-state index in [9.17, 15) is 4.79 Å². The Kier molecular flexibility index (Phi) is 3.53. The average molecular weight is 224 g/mol. The van der Waals surface area contributed by atoms with E-state index in [2.05, 4.69) is 24.5 Å². The molecule has 0 spiro atoms. The fourth-order valence-electron chi connectivity index (χ4n) is 2.52. The number of rotatable bonds is 4. The highest BCUT2D eigenvalue weighted by Gasteiger charge is 2.38. The summed E-state index contributed by atoms with van der Waals surface area (Å²) in [5.41, 5.74) is 0.140. The molecule has 1 heterocycles. The number of nitrogens with one attached hydrogen (secondary N) is 2.